The van der Waals surface area contributed by atoms with Crippen LogP contribution < -0.4 is 5.32 Å². The molecule has 0 radical (unpaired) electrons. The van der Waals surface area contributed by atoms with E-state index in [2.05, 4.69) is 60.4 Å². The molecule has 1 amide bonds. The highest BCUT2D eigenvalue weighted by Gasteiger charge is 2.73. The fourth-order valence-corrected chi connectivity index (χ4v) is 9.48. The SMILES string of the molecule is CNCCCN1CC2Cc3ccccc3C23C2CCC3(CCC2N(C)C(=O)c2ccccc2)C1C. The molecule has 4 heteroatoms. The van der Waals surface area contributed by atoms with Gasteiger partial charge < -0.3 is 10.2 Å². The van der Waals surface area contributed by atoms with Crippen molar-refractivity contribution in [1.82, 2.24) is 15.1 Å². The van der Waals surface area contributed by atoms with E-state index in [0.29, 0.717) is 29.3 Å². The fourth-order valence-electron chi connectivity index (χ4n) is 9.48. The number of hydrogen-bond acceptors (Lipinski definition) is 3. The number of hydrogen-bond donors (Lipinski definition) is 1. The van der Waals surface area contributed by atoms with Crippen molar-refractivity contribution in [1.29, 1.82) is 0 Å². The van der Waals surface area contributed by atoms with Gasteiger partial charge in [0.25, 0.3) is 5.91 Å². The van der Waals surface area contributed by atoms with Crippen LogP contribution >= 0.6 is 0 Å². The number of nitrogens with zero attached hydrogens (tertiary/aromatic N) is 2. The Morgan fingerprint density at radius 1 is 1.09 bits per heavy atom. The maximum atomic E-state index is 13.6. The van der Waals surface area contributed by atoms with E-state index < -0.39 is 0 Å². The molecule has 186 valence electrons. The Labute approximate surface area is 211 Å². The molecule has 1 spiro atoms. The molecule has 3 fully saturated rings. The van der Waals surface area contributed by atoms with Crippen LogP contribution in [0.3, 0.4) is 0 Å². The molecule has 35 heavy (non-hydrogen) atoms. The highest BCUT2D eigenvalue weighted by Crippen LogP contribution is 2.73. The molecular formula is C31H41N3O. The van der Waals surface area contributed by atoms with Crippen LogP contribution in [0, 0.1) is 17.3 Å². The van der Waals surface area contributed by atoms with E-state index in [4.69, 9.17) is 0 Å². The summed E-state index contributed by atoms with van der Waals surface area (Å²) in [6.45, 7) is 6.01. The third kappa shape index (κ3) is 3.15. The summed E-state index contributed by atoms with van der Waals surface area (Å²) in [6.07, 6.45) is 7.32. The van der Waals surface area contributed by atoms with Crippen molar-refractivity contribution >= 4 is 5.91 Å². The molecule has 3 aliphatic carbocycles. The quantitative estimate of drug-likeness (QED) is 0.618. The predicted octanol–water partition coefficient (Wildman–Crippen LogP) is 4.74. The summed E-state index contributed by atoms with van der Waals surface area (Å²) >= 11 is 0. The first kappa shape index (κ1) is 23.2. The Hall–Kier alpha value is -2.17. The lowest BCUT2D eigenvalue weighted by atomic mass is 9.45. The van der Waals surface area contributed by atoms with Crippen molar-refractivity contribution in [2.45, 2.75) is 62.9 Å². The van der Waals surface area contributed by atoms with Crippen LogP contribution in [0.4, 0.5) is 0 Å². The van der Waals surface area contributed by atoms with Gasteiger partial charge in [0, 0.05) is 36.7 Å². The standard InChI is InChI=1S/C31H41N3O/c1-22-30-16-14-27(28(15-17-30)33(3)29(35)23-10-5-4-6-11-23)31(30)25(21-34(22)19-9-18-32-2)20-24-12-7-8-13-26(24)31/h4-8,10-13,22,25,27-28,32H,9,14-21H2,1-3H3. The van der Waals surface area contributed by atoms with Crippen LogP contribution in [0.25, 0.3) is 0 Å². The Morgan fingerprint density at radius 2 is 1.83 bits per heavy atom. The van der Waals surface area contributed by atoms with Gasteiger partial charge in [0.1, 0.15) is 0 Å². The van der Waals surface area contributed by atoms with Gasteiger partial charge in [-0.1, -0.05) is 42.5 Å². The zero-order valence-corrected chi connectivity index (χ0v) is 21.7. The van der Waals surface area contributed by atoms with Gasteiger partial charge in [0.2, 0.25) is 0 Å². The molecule has 1 N–H and O–H groups in total. The van der Waals surface area contributed by atoms with Crippen molar-refractivity contribution in [3.8, 4) is 0 Å². The predicted molar refractivity (Wildman–Crippen MR) is 142 cm³/mol. The summed E-state index contributed by atoms with van der Waals surface area (Å²) in [4.78, 5) is 18.6. The second-order valence-corrected chi connectivity index (χ2v) is 11.7. The average molecular weight is 472 g/mol. The van der Waals surface area contributed by atoms with E-state index >= 15 is 0 Å². The molecule has 1 saturated heterocycles. The molecule has 4 aliphatic rings. The number of piperidine rings is 1. The van der Waals surface area contributed by atoms with E-state index in [1.54, 1.807) is 11.1 Å². The third-order valence-corrected chi connectivity index (χ3v) is 10.7. The van der Waals surface area contributed by atoms with Crippen molar-refractivity contribution in [3.63, 3.8) is 0 Å². The first-order valence-electron chi connectivity index (χ1n) is 13.8. The number of amides is 1. The van der Waals surface area contributed by atoms with Crippen molar-refractivity contribution in [3.05, 3.63) is 71.3 Å². The number of likely N-dealkylation sites (tertiary alicyclic amines) is 1. The largest absolute Gasteiger partial charge is 0.338 e. The third-order valence-electron chi connectivity index (χ3n) is 10.7. The van der Waals surface area contributed by atoms with Crippen LogP contribution in [0.15, 0.2) is 54.6 Å². The number of carbonyl (C=O) groups is 1. The van der Waals surface area contributed by atoms with Crippen LogP contribution in [-0.4, -0.2) is 61.5 Å². The normalized spacial score (nSPS) is 35.3. The van der Waals surface area contributed by atoms with E-state index in [1.165, 1.54) is 45.2 Å². The van der Waals surface area contributed by atoms with Crippen molar-refractivity contribution in [2.24, 2.45) is 17.3 Å². The van der Waals surface area contributed by atoms with Gasteiger partial charge in [-0.3, -0.25) is 9.69 Å². The summed E-state index contributed by atoms with van der Waals surface area (Å²) in [6, 6.07) is 20.2. The van der Waals surface area contributed by atoms with Gasteiger partial charge in [-0.05, 0) is 106 Å². The Balaban J connectivity index is 1.41. The second kappa shape index (κ2) is 8.74. The number of fused-ring (bicyclic) bond motifs is 1. The summed E-state index contributed by atoms with van der Waals surface area (Å²) in [5, 5.41) is 3.35. The Bertz CT molecular complexity index is 1090. The van der Waals surface area contributed by atoms with Gasteiger partial charge in [-0.25, -0.2) is 0 Å². The van der Waals surface area contributed by atoms with Gasteiger partial charge >= 0.3 is 0 Å². The highest BCUT2D eigenvalue weighted by atomic mass is 16.2. The molecule has 6 atom stereocenters. The summed E-state index contributed by atoms with van der Waals surface area (Å²) < 4.78 is 0. The smallest absolute Gasteiger partial charge is 0.253 e. The molecule has 2 saturated carbocycles. The zero-order chi connectivity index (χ0) is 24.2. The molecule has 2 bridgehead atoms. The van der Waals surface area contributed by atoms with Gasteiger partial charge in [0.15, 0.2) is 0 Å². The number of benzene rings is 2. The average Bonchev–Trinajstić information content (AvgIpc) is 3.33. The van der Waals surface area contributed by atoms with Crippen LogP contribution in [0.1, 0.15) is 60.5 Å². The topological polar surface area (TPSA) is 35.6 Å². The maximum absolute atomic E-state index is 13.6. The van der Waals surface area contributed by atoms with Crippen LogP contribution in [0.2, 0.25) is 0 Å². The Kier molecular flexibility index (Phi) is 5.80. The minimum Gasteiger partial charge on any atom is -0.338 e. The van der Waals surface area contributed by atoms with E-state index in [1.807, 2.05) is 30.3 Å². The molecule has 6 rings (SSSR count). The first-order valence-corrected chi connectivity index (χ1v) is 13.8. The summed E-state index contributed by atoms with van der Waals surface area (Å²) in [7, 11) is 4.14. The minimum absolute atomic E-state index is 0.187. The van der Waals surface area contributed by atoms with Gasteiger partial charge in [-0.15, -0.1) is 0 Å². The lowest BCUT2D eigenvalue weighted by molar-refractivity contribution is -0.115. The molecule has 4 nitrogen and oxygen atoms in total. The van der Waals surface area contributed by atoms with Gasteiger partial charge in [-0.2, -0.15) is 0 Å². The number of rotatable bonds is 6. The number of nitrogens with one attached hydrogen (secondary N) is 1. The molecule has 1 heterocycles. The van der Waals surface area contributed by atoms with E-state index in [-0.39, 0.29) is 11.3 Å². The van der Waals surface area contributed by atoms with Crippen LogP contribution in [-0.2, 0) is 11.8 Å². The number of carbonyl (C=O) groups excluding carboxylic acids is 1. The second-order valence-electron chi connectivity index (χ2n) is 11.7. The zero-order valence-electron chi connectivity index (χ0n) is 21.7. The minimum atomic E-state index is 0.187. The molecule has 0 aromatic heterocycles. The lowest BCUT2D eigenvalue weighted by Gasteiger charge is -2.65. The van der Waals surface area contributed by atoms with Gasteiger partial charge in [0.05, 0.1) is 0 Å². The molecule has 6 unspecified atom stereocenters. The molecule has 1 aliphatic heterocycles. The monoisotopic (exact) mass is 471 g/mol. The van der Waals surface area contributed by atoms with E-state index in [9.17, 15) is 4.79 Å². The first-order chi connectivity index (χ1) is 17.0. The molecule has 2 aromatic carbocycles. The lowest BCUT2D eigenvalue weighted by Crippen LogP contribution is -2.69. The highest BCUT2D eigenvalue weighted by molar-refractivity contribution is 5.94. The maximum Gasteiger partial charge on any atom is 0.253 e. The molecular weight excluding hydrogens is 430 g/mol. The summed E-state index contributed by atoms with van der Waals surface area (Å²) in [5.41, 5.74) is 4.56. The fraction of sp³-hybridized carbons (Fsp3) is 0.581. The Morgan fingerprint density at radius 3 is 2.63 bits per heavy atom. The van der Waals surface area contributed by atoms with Crippen molar-refractivity contribution < 1.29 is 4.79 Å². The molecule has 2 aromatic rings. The van der Waals surface area contributed by atoms with E-state index in [0.717, 1.165) is 18.5 Å². The van der Waals surface area contributed by atoms with Crippen LogP contribution in [0.5, 0.6) is 0 Å². The van der Waals surface area contributed by atoms with Crippen molar-refractivity contribution in [2.75, 3.05) is 33.7 Å². The summed E-state index contributed by atoms with van der Waals surface area (Å²) in [5.74, 6) is 1.39.